The van der Waals surface area contributed by atoms with Gasteiger partial charge in [-0.15, -0.1) is 0 Å². The fourth-order valence-electron chi connectivity index (χ4n) is 1.79. The number of carbonyl (C=O) groups is 2. The second-order valence-corrected chi connectivity index (χ2v) is 6.57. The number of rotatable bonds is 4. The molecule has 0 aliphatic rings. The highest BCUT2D eigenvalue weighted by Gasteiger charge is 2.12. The zero-order valence-electron chi connectivity index (χ0n) is 12.2. The molecule has 0 aliphatic heterocycles. The van der Waals surface area contributed by atoms with Crippen molar-refractivity contribution in [2.75, 3.05) is 6.61 Å². The lowest BCUT2D eigenvalue weighted by Crippen LogP contribution is -2.41. The van der Waals surface area contributed by atoms with E-state index < -0.39 is 5.91 Å². The van der Waals surface area contributed by atoms with Crippen LogP contribution in [-0.4, -0.2) is 18.4 Å². The van der Waals surface area contributed by atoms with E-state index in [0.717, 1.165) is 8.04 Å². The van der Waals surface area contributed by atoms with Crippen molar-refractivity contribution in [1.82, 2.24) is 10.9 Å². The molecule has 0 radical (unpaired) electrons. The number of hydrazine groups is 1. The average Bonchev–Trinajstić information content (AvgIpc) is 2.55. The molecule has 0 heterocycles. The molecule has 0 saturated carbocycles. The maximum atomic E-state index is 12.1. The van der Waals surface area contributed by atoms with E-state index in [0.29, 0.717) is 23.5 Å². The SMILES string of the molecule is CCOc1ccc(C(=O)NNC(=O)c2cc(Br)ccc2I)cc1. The van der Waals surface area contributed by atoms with Crippen molar-refractivity contribution in [2.45, 2.75) is 6.92 Å². The first kappa shape index (κ1) is 17.7. The van der Waals surface area contributed by atoms with Gasteiger partial charge in [-0.1, -0.05) is 15.9 Å². The summed E-state index contributed by atoms with van der Waals surface area (Å²) < 4.78 is 6.90. The highest BCUT2D eigenvalue weighted by Crippen LogP contribution is 2.18. The number of carbonyl (C=O) groups excluding carboxylic acids is 2. The van der Waals surface area contributed by atoms with Crippen LogP contribution in [0.4, 0.5) is 0 Å². The largest absolute Gasteiger partial charge is 0.494 e. The topological polar surface area (TPSA) is 67.4 Å². The van der Waals surface area contributed by atoms with E-state index >= 15 is 0 Å². The molecule has 2 rings (SSSR count). The Hall–Kier alpha value is -1.61. The Morgan fingerprint density at radius 1 is 1.09 bits per heavy atom. The molecule has 2 N–H and O–H groups in total. The summed E-state index contributed by atoms with van der Waals surface area (Å²) in [6.45, 7) is 2.45. The lowest BCUT2D eigenvalue weighted by molar-refractivity contribution is 0.0846. The van der Waals surface area contributed by atoms with Gasteiger partial charge in [0.1, 0.15) is 5.75 Å². The highest BCUT2D eigenvalue weighted by atomic mass is 127. The molecule has 0 bridgehead atoms. The van der Waals surface area contributed by atoms with Crippen molar-refractivity contribution < 1.29 is 14.3 Å². The molecule has 2 amide bonds. The Balaban J connectivity index is 1.98. The molecule has 0 unspecified atom stereocenters. The van der Waals surface area contributed by atoms with Crippen LogP contribution in [0.25, 0.3) is 0 Å². The number of hydrogen-bond acceptors (Lipinski definition) is 3. The average molecular weight is 489 g/mol. The van der Waals surface area contributed by atoms with Crippen LogP contribution in [0.1, 0.15) is 27.6 Å². The van der Waals surface area contributed by atoms with Crippen LogP contribution in [0, 0.1) is 3.57 Å². The number of benzene rings is 2. The standard InChI is InChI=1S/C16H14BrIN2O3/c1-2-23-12-6-3-10(4-7-12)15(21)19-20-16(22)13-9-11(17)5-8-14(13)18/h3-9H,2H2,1H3,(H,19,21)(H,20,22). The Labute approximate surface area is 156 Å². The maximum absolute atomic E-state index is 12.1. The third-order valence-electron chi connectivity index (χ3n) is 2.89. The predicted octanol–water partition coefficient (Wildman–Crippen LogP) is 3.53. The van der Waals surface area contributed by atoms with E-state index in [-0.39, 0.29) is 5.91 Å². The molecule has 7 heteroatoms. The molecule has 120 valence electrons. The van der Waals surface area contributed by atoms with Gasteiger partial charge in [-0.3, -0.25) is 20.4 Å². The summed E-state index contributed by atoms with van der Waals surface area (Å²) in [5, 5.41) is 0. The summed E-state index contributed by atoms with van der Waals surface area (Å²) in [5.74, 6) is -0.0850. The molecule has 0 saturated heterocycles. The number of ether oxygens (including phenoxy) is 1. The van der Waals surface area contributed by atoms with Crippen LogP contribution in [-0.2, 0) is 0 Å². The molecule has 5 nitrogen and oxygen atoms in total. The van der Waals surface area contributed by atoms with E-state index in [9.17, 15) is 9.59 Å². The minimum atomic E-state index is -0.397. The van der Waals surface area contributed by atoms with E-state index in [2.05, 4.69) is 49.4 Å². The van der Waals surface area contributed by atoms with Crippen molar-refractivity contribution in [3.63, 3.8) is 0 Å². The molecule has 2 aromatic carbocycles. The van der Waals surface area contributed by atoms with Crippen LogP contribution in [0.15, 0.2) is 46.9 Å². The summed E-state index contributed by atoms with van der Waals surface area (Å²) in [4.78, 5) is 24.1. The highest BCUT2D eigenvalue weighted by molar-refractivity contribution is 14.1. The van der Waals surface area contributed by atoms with Gasteiger partial charge in [0.2, 0.25) is 0 Å². The zero-order chi connectivity index (χ0) is 16.8. The monoisotopic (exact) mass is 488 g/mol. The van der Waals surface area contributed by atoms with Crippen LogP contribution < -0.4 is 15.6 Å². The van der Waals surface area contributed by atoms with Gasteiger partial charge in [-0.2, -0.15) is 0 Å². The Kier molecular flexibility index (Phi) is 6.40. The summed E-state index contributed by atoms with van der Waals surface area (Å²) in [7, 11) is 0. The molecular weight excluding hydrogens is 475 g/mol. The van der Waals surface area contributed by atoms with Crippen LogP contribution in [0.2, 0.25) is 0 Å². The Morgan fingerprint density at radius 2 is 1.74 bits per heavy atom. The smallest absolute Gasteiger partial charge is 0.270 e. The first-order chi connectivity index (χ1) is 11.0. The van der Waals surface area contributed by atoms with Crippen molar-refractivity contribution in [2.24, 2.45) is 0 Å². The van der Waals surface area contributed by atoms with Gasteiger partial charge in [0, 0.05) is 13.6 Å². The Morgan fingerprint density at radius 3 is 2.39 bits per heavy atom. The molecule has 0 atom stereocenters. The fourth-order valence-corrected chi connectivity index (χ4v) is 2.74. The normalized spacial score (nSPS) is 10.0. The number of hydrogen-bond donors (Lipinski definition) is 2. The van der Waals surface area contributed by atoms with Gasteiger partial charge >= 0.3 is 0 Å². The van der Waals surface area contributed by atoms with Crippen molar-refractivity contribution in [1.29, 1.82) is 0 Å². The Bertz CT molecular complexity index is 720. The summed E-state index contributed by atoms with van der Waals surface area (Å²) >= 11 is 5.38. The zero-order valence-corrected chi connectivity index (χ0v) is 16.0. The van der Waals surface area contributed by atoms with E-state index in [4.69, 9.17) is 4.74 Å². The quantitative estimate of drug-likeness (QED) is 0.511. The van der Waals surface area contributed by atoms with Gasteiger partial charge in [0.05, 0.1) is 12.2 Å². The lowest BCUT2D eigenvalue weighted by Gasteiger charge is -2.09. The molecule has 23 heavy (non-hydrogen) atoms. The third-order valence-corrected chi connectivity index (χ3v) is 4.32. The van der Waals surface area contributed by atoms with Gasteiger partial charge in [-0.05, 0) is 72.0 Å². The number of nitrogens with one attached hydrogen (secondary N) is 2. The summed E-state index contributed by atoms with van der Waals surface area (Å²) in [6, 6.07) is 12.0. The van der Waals surface area contributed by atoms with Crippen molar-refractivity contribution in [3.05, 3.63) is 61.6 Å². The van der Waals surface area contributed by atoms with Crippen LogP contribution in [0.3, 0.4) is 0 Å². The molecular formula is C16H14BrIN2O3. The predicted molar refractivity (Wildman–Crippen MR) is 99.4 cm³/mol. The molecule has 0 spiro atoms. The minimum Gasteiger partial charge on any atom is -0.494 e. The van der Waals surface area contributed by atoms with E-state index in [1.807, 2.05) is 19.1 Å². The second-order valence-electron chi connectivity index (χ2n) is 4.49. The van der Waals surface area contributed by atoms with Gasteiger partial charge in [0.15, 0.2) is 0 Å². The molecule has 0 fully saturated rings. The third kappa shape index (κ3) is 4.93. The number of amides is 2. The van der Waals surface area contributed by atoms with Crippen LogP contribution in [0.5, 0.6) is 5.75 Å². The number of halogens is 2. The summed E-state index contributed by atoms with van der Waals surface area (Å²) in [5.41, 5.74) is 5.71. The van der Waals surface area contributed by atoms with Gasteiger partial charge in [0.25, 0.3) is 11.8 Å². The van der Waals surface area contributed by atoms with Crippen molar-refractivity contribution in [3.8, 4) is 5.75 Å². The van der Waals surface area contributed by atoms with Crippen LogP contribution >= 0.6 is 38.5 Å². The first-order valence-electron chi connectivity index (χ1n) is 6.80. The second kappa shape index (κ2) is 8.30. The minimum absolute atomic E-state index is 0.380. The van der Waals surface area contributed by atoms with Gasteiger partial charge in [-0.25, -0.2) is 0 Å². The van der Waals surface area contributed by atoms with Gasteiger partial charge < -0.3 is 4.74 Å². The maximum Gasteiger partial charge on any atom is 0.270 e. The molecule has 0 aliphatic carbocycles. The summed E-state index contributed by atoms with van der Waals surface area (Å²) in [6.07, 6.45) is 0. The molecule has 2 aromatic rings. The van der Waals surface area contributed by atoms with E-state index in [1.165, 1.54) is 0 Å². The lowest BCUT2D eigenvalue weighted by atomic mass is 10.2. The fraction of sp³-hybridized carbons (Fsp3) is 0.125. The molecule has 0 aromatic heterocycles. The van der Waals surface area contributed by atoms with E-state index in [1.54, 1.807) is 30.3 Å². The van der Waals surface area contributed by atoms with Crippen molar-refractivity contribution >= 4 is 50.3 Å². The first-order valence-corrected chi connectivity index (χ1v) is 8.67.